The molecule has 0 aromatic carbocycles. The van der Waals surface area contributed by atoms with Gasteiger partial charge < -0.3 is 9.84 Å². The fourth-order valence-corrected chi connectivity index (χ4v) is 9.21. The van der Waals surface area contributed by atoms with Crippen molar-refractivity contribution < 1.29 is 14.6 Å². The number of aliphatic hydroxyl groups is 1. The predicted molar refractivity (Wildman–Crippen MR) is 133 cm³/mol. The first-order valence-electron chi connectivity index (χ1n) is 13.4. The minimum absolute atomic E-state index is 0.0272. The summed E-state index contributed by atoms with van der Waals surface area (Å²) in [6.07, 6.45) is 9.28. The third kappa shape index (κ3) is 3.33. The van der Waals surface area contributed by atoms with Crippen molar-refractivity contribution in [2.24, 2.45) is 33.7 Å². The van der Waals surface area contributed by atoms with E-state index in [4.69, 9.17) is 4.74 Å². The number of allylic oxidation sites excluding steroid dienone is 1. The number of hydrazone groups is 1. The van der Waals surface area contributed by atoms with Gasteiger partial charge in [0, 0.05) is 6.04 Å². The largest absolute Gasteiger partial charge is 0.449 e. The summed E-state index contributed by atoms with van der Waals surface area (Å²) in [4.78, 5) is 12.0. The maximum Gasteiger partial charge on any atom is 0.427 e. The van der Waals surface area contributed by atoms with Crippen molar-refractivity contribution in [3.05, 3.63) is 11.6 Å². The van der Waals surface area contributed by atoms with Crippen LogP contribution in [0.2, 0.25) is 0 Å². The van der Waals surface area contributed by atoms with Crippen LogP contribution in [-0.4, -0.2) is 46.9 Å². The summed E-state index contributed by atoms with van der Waals surface area (Å²) < 4.78 is 5.06. The fraction of sp³-hybridized carbons (Fsp3) is 0.852. The molecular formula is C27H44N4O3. The highest BCUT2D eigenvalue weighted by Crippen LogP contribution is 2.68. The van der Waals surface area contributed by atoms with Crippen molar-refractivity contribution in [2.75, 3.05) is 6.61 Å². The normalized spacial score (nSPS) is 47.1. The van der Waals surface area contributed by atoms with Crippen LogP contribution in [0.1, 0.15) is 86.5 Å². The number of nitrogens with one attached hydrogen (secondary N) is 3. The number of rotatable bonds is 3. The van der Waals surface area contributed by atoms with Crippen LogP contribution in [0.5, 0.6) is 0 Å². The fourth-order valence-electron chi connectivity index (χ4n) is 9.21. The van der Waals surface area contributed by atoms with Crippen molar-refractivity contribution in [3.8, 4) is 0 Å². The Kier molecular flexibility index (Phi) is 5.74. The van der Waals surface area contributed by atoms with Crippen LogP contribution in [0, 0.1) is 28.6 Å². The molecule has 190 valence electrons. The maximum atomic E-state index is 12.0. The highest BCUT2D eigenvalue weighted by Gasteiger charge is 2.72. The smallest absolute Gasteiger partial charge is 0.427 e. The zero-order valence-electron chi connectivity index (χ0n) is 21.8. The molecule has 34 heavy (non-hydrogen) atoms. The summed E-state index contributed by atoms with van der Waals surface area (Å²) in [5, 5.41) is 22.8. The molecule has 5 rings (SSSR count). The van der Waals surface area contributed by atoms with Crippen molar-refractivity contribution >= 4 is 11.8 Å². The van der Waals surface area contributed by atoms with Gasteiger partial charge >= 0.3 is 6.09 Å². The third-order valence-electron chi connectivity index (χ3n) is 10.6. The van der Waals surface area contributed by atoms with E-state index in [2.05, 4.69) is 61.9 Å². The molecule has 0 aromatic heterocycles. The summed E-state index contributed by atoms with van der Waals surface area (Å²) in [6.45, 7) is 13.5. The molecule has 0 aromatic rings. The van der Waals surface area contributed by atoms with E-state index in [-0.39, 0.29) is 34.2 Å². The molecule has 1 aliphatic heterocycles. The van der Waals surface area contributed by atoms with Crippen molar-refractivity contribution in [2.45, 2.75) is 110 Å². The molecule has 0 bridgehead atoms. The molecule has 5 aliphatic rings. The second kappa shape index (κ2) is 8.04. The molecular weight excluding hydrogens is 428 g/mol. The van der Waals surface area contributed by atoms with Crippen molar-refractivity contribution in [1.82, 2.24) is 16.1 Å². The maximum absolute atomic E-state index is 12.0. The van der Waals surface area contributed by atoms with Gasteiger partial charge in [0.1, 0.15) is 0 Å². The van der Waals surface area contributed by atoms with E-state index in [0.29, 0.717) is 24.4 Å². The van der Waals surface area contributed by atoms with E-state index < -0.39 is 6.09 Å². The van der Waals surface area contributed by atoms with Gasteiger partial charge in [0.05, 0.1) is 29.6 Å². The third-order valence-corrected chi connectivity index (χ3v) is 10.6. The van der Waals surface area contributed by atoms with E-state index in [1.54, 1.807) is 6.92 Å². The first-order valence-corrected chi connectivity index (χ1v) is 13.4. The first-order chi connectivity index (χ1) is 16.0. The molecule has 8 atom stereocenters. The van der Waals surface area contributed by atoms with Crippen LogP contribution in [0.15, 0.2) is 16.8 Å². The zero-order chi connectivity index (χ0) is 24.5. The standard InChI is InChI=1S/C27H44N4O3/c1-7-34-23(33)30-29-16(2)27-22(28-24(3,4)31-27)15-21-19-9-8-17-14-18(32)10-12-25(17,5)20(19)11-13-26(21,27)6/h8,18-22,28,31-32H,7,9-15H2,1-6H3,(H,30,33)/t18-,19?,20?,21?,22?,25-,26-,27+/m0/s1. The number of ether oxygens (including phenoxy) is 1. The lowest BCUT2D eigenvalue weighted by atomic mass is 9.46. The van der Waals surface area contributed by atoms with Gasteiger partial charge in [-0.2, -0.15) is 5.10 Å². The molecule has 0 spiro atoms. The lowest BCUT2D eigenvalue weighted by Crippen LogP contribution is -2.66. The SMILES string of the molecule is CCOC(=O)NN=C(C)[C@@]12NC(C)(C)NC1CC1C3CC=C4C[C@@H](O)CC[C@]4(C)C3CC[C@@]12C. The highest BCUT2D eigenvalue weighted by atomic mass is 16.5. The Labute approximate surface area is 204 Å². The van der Waals surface area contributed by atoms with E-state index in [9.17, 15) is 9.90 Å². The Bertz CT molecular complexity index is 916. The number of hydrogen-bond donors (Lipinski definition) is 4. The quantitative estimate of drug-likeness (QED) is 0.282. The van der Waals surface area contributed by atoms with Gasteiger partial charge in [-0.05, 0) is 101 Å². The van der Waals surface area contributed by atoms with E-state index in [1.807, 2.05) is 0 Å². The number of hydrogen-bond acceptors (Lipinski definition) is 6. The minimum atomic E-state index is -0.499. The van der Waals surface area contributed by atoms with Crippen LogP contribution in [0.3, 0.4) is 0 Å². The van der Waals surface area contributed by atoms with Crippen LogP contribution >= 0.6 is 0 Å². The van der Waals surface area contributed by atoms with E-state index >= 15 is 0 Å². The second-order valence-electron chi connectivity index (χ2n) is 12.6. The zero-order valence-corrected chi connectivity index (χ0v) is 21.8. The van der Waals surface area contributed by atoms with Crippen molar-refractivity contribution in [1.29, 1.82) is 0 Å². The van der Waals surface area contributed by atoms with Crippen LogP contribution in [0.4, 0.5) is 4.79 Å². The Morgan fingerprint density at radius 1 is 1.24 bits per heavy atom. The topological polar surface area (TPSA) is 95.0 Å². The van der Waals surface area contributed by atoms with Gasteiger partial charge in [-0.3, -0.25) is 10.6 Å². The molecule has 4 aliphatic carbocycles. The Balaban J connectivity index is 1.50. The average molecular weight is 473 g/mol. The number of carbonyl (C=O) groups is 1. The molecule has 3 saturated carbocycles. The molecule has 1 amide bonds. The van der Waals surface area contributed by atoms with Gasteiger partial charge in [0.25, 0.3) is 0 Å². The average Bonchev–Trinajstić information content (AvgIpc) is 3.18. The number of amides is 1. The van der Waals surface area contributed by atoms with E-state index in [0.717, 1.165) is 44.2 Å². The Hall–Kier alpha value is -1.44. The van der Waals surface area contributed by atoms with Gasteiger partial charge in [-0.1, -0.05) is 25.5 Å². The molecule has 4 N–H and O–H groups in total. The Morgan fingerprint density at radius 2 is 2.00 bits per heavy atom. The summed E-state index contributed by atoms with van der Waals surface area (Å²) in [6, 6.07) is 0.260. The summed E-state index contributed by atoms with van der Waals surface area (Å²) in [5.74, 6) is 1.89. The summed E-state index contributed by atoms with van der Waals surface area (Å²) in [7, 11) is 0. The molecule has 1 saturated heterocycles. The molecule has 0 radical (unpaired) electrons. The van der Waals surface area contributed by atoms with Crippen LogP contribution in [0.25, 0.3) is 0 Å². The predicted octanol–water partition coefficient (Wildman–Crippen LogP) is 4.08. The van der Waals surface area contributed by atoms with Crippen LogP contribution < -0.4 is 16.1 Å². The van der Waals surface area contributed by atoms with E-state index in [1.165, 1.54) is 12.0 Å². The first kappa shape index (κ1) is 24.3. The van der Waals surface area contributed by atoms with Gasteiger partial charge in [-0.15, -0.1) is 0 Å². The molecule has 7 nitrogen and oxygen atoms in total. The number of fused-ring (bicyclic) bond motifs is 7. The Morgan fingerprint density at radius 3 is 2.74 bits per heavy atom. The lowest BCUT2D eigenvalue weighted by molar-refractivity contribution is -0.0524. The lowest BCUT2D eigenvalue weighted by Gasteiger charge is -2.59. The van der Waals surface area contributed by atoms with Crippen LogP contribution in [-0.2, 0) is 4.74 Å². The number of aliphatic hydroxyl groups excluding tert-OH is 1. The molecule has 1 heterocycles. The second-order valence-corrected chi connectivity index (χ2v) is 12.6. The molecule has 7 heteroatoms. The summed E-state index contributed by atoms with van der Waals surface area (Å²) in [5.41, 5.74) is 4.81. The van der Waals surface area contributed by atoms with Gasteiger partial charge in [0.15, 0.2) is 0 Å². The summed E-state index contributed by atoms with van der Waals surface area (Å²) >= 11 is 0. The number of nitrogens with zero attached hydrogens (tertiary/aromatic N) is 1. The minimum Gasteiger partial charge on any atom is -0.449 e. The monoisotopic (exact) mass is 472 g/mol. The van der Waals surface area contributed by atoms with Crippen molar-refractivity contribution in [3.63, 3.8) is 0 Å². The number of carbonyl (C=O) groups excluding carboxylic acids is 1. The van der Waals surface area contributed by atoms with Gasteiger partial charge in [-0.25, -0.2) is 10.2 Å². The molecule has 4 fully saturated rings. The molecule has 4 unspecified atom stereocenters. The van der Waals surface area contributed by atoms with Gasteiger partial charge in [0.2, 0.25) is 0 Å². The highest BCUT2D eigenvalue weighted by molar-refractivity contribution is 5.95.